The summed E-state index contributed by atoms with van der Waals surface area (Å²) in [5.74, 6) is -0.0818. The van der Waals surface area contributed by atoms with E-state index in [0.717, 1.165) is 18.4 Å². The Labute approximate surface area is 76.5 Å². The number of alkyl halides is 1. The molecule has 2 unspecified atom stereocenters. The molecule has 2 aliphatic rings. The molecule has 1 aliphatic heterocycles. The summed E-state index contributed by atoms with van der Waals surface area (Å²) in [5.41, 5.74) is 0.920. The van der Waals surface area contributed by atoms with Crippen molar-refractivity contribution in [3.05, 3.63) is 23.6 Å². The maximum Gasteiger partial charge on any atom is 0.151 e. The molecule has 2 rings (SSSR count). The third-order valence-corrected chi connectivity index (χ3v) is 2.58. The van der Waals surface area contributed by atoms with Gasteiger partial charge in [-0.1, -0.05) is 6.08 Å². The third-order valence-electron chi connectivity index (χ3n) is 2.58. The van der Waals surface area contributed by atoms with Crippen molar-refractivity contribution < 1.29 is 8.78 Å². The summed E-state index contributed by atoms with van der Waals surface area (Å²) in [5, 5.41) is 2.80. The van der Waals surface area contributed by atoms with Gasteiger partial charge in [-0.25, -0.2) is 8.78 Å². The zero-order valence-corrected chi connectivity index (χ0v) is 7.39. The highest BCUT2D eigenvalue weighted by Crippen LogP contribution is 2.26. The zero-order valence-electron chi connectivity index (χ0n) is 7.39. The first-order valence-electron chi connectivity index (χ1n) is 4.72. The minimum atomic E-state index is -0.913. The van der Waals surface area contributed by atoms with Gasteiger partial charge < -0.3 is 0 Å². The number of halogens is 2. The van der Waals surface area contributed by atoms with Crippen LogP contribution >= 0.6 is 0 Å². The Hall–Kier alpha value is -0.700. The molecule has 0 spiro atoms. The van der Waals surface area contributed by atoms with Crippen LogP contribution in [0, 0.1) is 0 Å². The fourth-order valence-electron chi connectivity index (χ4n) is 1.89. The first kappa shape index (κ1) is 8.88. The Morgan fingerprint density at radius 3 is 2.85 bits per heavy atom. The van der Waals surface area contributed by atoms with Gasteiger partial charge >= 0.3 is 0 Å². The van der Waals surface area contributed by atoms with Gasteiger partial charge in [-0.05, 0) is 30.9 Å². The standard InChI is InChI=1S/C10H13F2N/c11-8-3-1-2-7(6-8)9-4-5-10(12)13-9/h2,6,9-10,13H,1,3-5H2. The molecule has 1 nitrogen and oxygen atoms in total. The summed E-state index contributed by atoms with van der Waals surface area (Å²) in [6, 6.07) is 0.0287. The SMILES string of the molecule is FC1=CC(C2CCC(F)N2)=CCC1. The molecule has 0 aromatic heterocycles. The lowest BCUT2D eigenvalue weighted by atomic mass is 9.98. The lowest BCUT2D eigenvalue weighted by Crippen LogP contribution is -2.27. The summed E-state index contributed by atoms with van der Waals surface area (Å²) in [4.78, 5) is 0. The average molecular weight is 185 g/mol. The second kappa shape index (κ2) is 3.58. The highest BCUT2D eigenvalue weighted by atomic mass is 19.1. The normalized spacial score (nSPS) is 34.3. The molecule has 1 saturated heterocycles. The zero-order chi connectivity index (χ0) is 9.26. The van der Waals surface area contributed by atoms with E-state index in [0.29, 0.717) is 12.8 Å². The van der Waals surface area contributed by atoms with Gasteiger partial charge in [-0.15, -0.1) is 0 Å². The van der Waals surface area contributed by atoms with Gasteiger partial charge in [0.15, 0.2) is 6.30 Å². The molecular weight excluding hydrogens is 172 g/mol. The molecule has 0 aromatic carbocycles. The van der Waals surface area contributed by atoms with Crippen LogP contribution in [0.5, 0.6) is 0 Å². The molecule has 1 fully saturated rings. The van der Waals surface area contributed by atoms with Crippen LogP contribution in [0.3, 0.4) is 0 Å². The fraction of sp³-hybridized carbons (Fsp3) is 0.600. The highest BCUT2D eigenvalue weighted by molar-refractivity contribution is 5.30. The van der Waals surface area contributed by atoms with E-state index in [4.69, 9.17) is 0 Å². The van der Waals surface area contributed by atoms with Gasteiger partial charge in [0.25, 0.3) is 0 Å². The minimum absolute atomic E-state index is 0.0287. The van der Waals surface area contributed by atoms with E-state index in [1.54, 1.807) is 6.08 Å². The van der Waals surface area contributed by atoms with Gasteiger partial charge in [0.05, 0.1) is 0 Å². The van der Waals surface area contributed by atoms with Gasteiger partial charge in [0.1, 0.15) is 5.83 Å². The summed E-state index contributed by atoms with van der Waals surface area (Å²) >= 11 is 0. The van der Waals surface area contributed by atoms with Crippen molar-refractivity contribution in [2.75, 3.05) is 0 Å². The van der Waals surface area contributed by atoms with Crippen LogP contribution in [0.15, 0.2) is 23.6 Å². The Bertz CT molecular complexity index is 258. The Balaban J connectivity index is 2.05. The average Bonchev–Trinajstić information content (AvgIpc) is 2.52. The van der Waals surface area contributed by atoms with Crippen molar-refractivity contribution in [3.8, 4) is 0 Å². The molecule has 1 aliphatic carbocycles. The van der Waals surface area contributed by atoms with Crippen molar-refractivity contribution >= 4 is 0 Å². The fourth-order valence-corrected chi connectivity index (χ4v) is 1.89. The van der Waals surface area contributed by atoms with Crippen LogP contribution < -0.4 is 5.32 Å². The first-order valence-corrected chi connectivity index (χ1v) is 4.72. The van der Waals surface area contributed by atoms with E-state index in [9.17, 15) is 8.78 Å². The molecule has 3 heteroatoms. The summed E-state index contributed by atoms with van der Waals surface area (Å²) in [6.07, 6.45) is 5.18. The first-order chi connectivity index (χ1) is 6.25. The van der Waals surface area contributed by atoms with Gasteiger partial charge in [0, 0.05) is 12.5 Å². The van der Waals surface area contributed by atoms with E-state index in [2.05, 4.69) is 5.32 Å². The summed E-state index contributed by atoms with van der Waals surface area (Å²) < 4.78 is 25.7. The number of nitrogens with one attached hydrogen (secondary N) is 1. The van der Waals surface area contributed by atoms with Crippen LogP contribution in [0.1, 0.15) is 25.7 Å². The lowest BCUT2D eigenvalue weighted by Gasteiger charge is -2.15. The van der Waals surface area contributed by atoms with Crippen molar-refractivity contribution in [2.45, 2.75) is 38.0 Å². The molecular formula is C10H13F2N. The minimum Gasteiger partial charge on any atom is -0.281 e. The number of hydrogen-bond acceptors (Lipinski definition) is 1. The Morgan fingerprint density at radius 1 is 1.38 bits per heavy atom. The van der Waals surface area contributed by atoms with Crippen LogP contribution in [0.4, 0.5) is 8.78 Å². The lowest BCUT2D eigenvalue weighted by molar-refractivity contribution is 0.303. The third kappa shape index (κ3) is 1.97. The Kier molecular flexibility index (Phi) is 2.44. The molecule has 72 valence electrons. The predicted molar refractivity (Wildman–Crippen MR) is 47.6 cm³/mol. The van der Waals surface area contributed by atoms with Crippen molar-refractivity contribution in [1.82, 2.24) is 5.32 Å². The van der Waals surface area contributed by atoms with Gasteiger partial charge in [-0.3, -0.25) is 5.32 Å². The molecule has 13 heavy (non-hydrogen) atoms. The number of hydrogen-bond donors (Lipinski definition) is 1. The smallest absolute Gasteiger partial charge is 0.151 e. The molecule has 0 aromatic rings. The number of allylic oxidation sites excluding steroid dienone is 2. The van der Waals surface area contributed by atoms with Gasteiger partial charge in [-0.2, -0.15) is 0 Å². The molecule has 0 saturated carbocycles. The van der Waals surface area contributed by atoms with Crippen LogP contribution in [-0.4, -0.2) is 12.3 Å². The Morgan fingerprint density at radius 2 is 2.23 bits per heavy atom. The van der Waals surface area contributed by atoms with Crippen molar-refractivity contribution in [3.63, 3.8) is 0 Å². The van der Waals surface area contributed by atoms with Crippen molar-refractivity contribution in [1.29, 1.82) is 0 Å². The van der Waals surface area contributed by atoms with Gasteiger partial charge in [0.2, 0.25) is 0 Å². The second-order valence-electron chi connectivity index (χ2n) is 3.60. The summed E-state index contributed by atoms with van der Waals surface area (Å²) in [6.45, 7) is 0. The molecule has 0 amide bonds. The molecule has 0 radical (unpaired) electrons. The second-order valence-corrected chi connectivity index (χ2v) is 3.60. The van der Waals surface area contributed by atoms with Crippen LogP contribution in [0.2, 0.25) is 0 Å². The topological polar surface area (TPSA) is 12.0 Å². The molecule has 1 N–H and O–H groups in total. The van der Waals surface area contributed by atoms with Crippen LogP contribution in [0.25, 0.3) is 0 Å². The van der Waals surface area contributed by atoms with Crippen molar-refractivity contribution in [2.24, 2.45) is 0 Å². The largest absolute Gasteiger partial charge is 0.281 e. The quantitative estimate of drug-likeness (QED) is 0.619. The van der Waals surface area contributed by atoms with E-state index < -0.39 is 6.30 Å². The highest BCUT2D eigenvalue weighted by Gasteiger charge is 2.25. The maximum absolute atomic E-state index is 12.9. The molecule has 0 bridgehead atoms. The molecule has 1 heterocycles. The van der Waals surface area contributed by atoms with E-state index in [1.807, 2.05) is 6.08 Å². The van der Waals surface area contributed by atoms with Crippen LogP contribution in [-0.2, 0) is 0 Å². The predicted octanol–water partition coefficient (Wildman–Crippen LogP) is 2.61. The van der Waals surface area contributed by atoms with E-state index >= 15 is 0 Å². The van der Waals surface area contributed by atoms with E-state index in [1.165, 1.54) is 0 Å². The monoisotopic (exact) mass is 185 g/mol. The molecule has 2 atom stereocenters. The summed E-state index contributed by atoms with van der Waals surface area (Å²) in [7, 11) is 0. The number of rotatable bonds is 1. The maximum atomic E-state index is 12.9. The van der Waals surface area contributed by atoms with E-state index in [-0.39, 0.29) is 11.9 Å².